The van der Waals surface area contributed by atoms with E-state index in [4.69, 9.17) is 0 Å². The largest absolute Gasteiger partial charge is 0.312 e. The van der Waals surface area contributed by atoms with Crippen molar-refractivity contribution in [3.63, 3.8) is 0 Å². The Labute approximate surface area is 127 Å². The second-order valence-corrected chi connectivity index (χ2v) is 5.96. The Kier molecular flexibility index (Phi) is 3.99. The van der Waals surface area contributed by atoms with Crippen molar-refractivity contribution in [3.8, 4) is 0 Å². The molecule has 20 heavy (non-hydrogen) atoms. The highest BCUT2D eigenvalue weighted by molar-refractivity contribution is 9.10. The van der Waals surface area contributed by atoms with Crippen LogP contribution in [-0.2, 0) is 19.4 Å². The minimum absolute atomic E-state index is 0.172. The van der Waals surface area contributed by atoms with Gasteiger partial charge in [0.25, 0.3) is 0 Å². The van der Waals surface area contributed by atoms with Crippen molar-refractivity contribution in [3.05, 3.63) is 69.2 Å². The van der Waals surface area contributed by atoms with Crippen LogP contribution in [0.4, 0.5) is 0 Å². The molecule has 0 saturated carbocycles. The van der Waals surface area contributed by atoms with E-state index >= 15 is 0 Å². The van der Waals surface area contributed by atoms with Crippen molar-refractivity contribution >= 4 is 21.7 Å². The number of nitrogens with one attached hydrogen (secondary N) is 1. The van der Waals surface area contributed by atoms with Crippen molar-refractivity contribution < 1.29 is 4.79 Å². The normalized spacial score (nSPS) is 13.8. The molecule has 0 aliphatic carbocycles. The molecule has 2 nitrogen and oxygen atoms in total. The number of rotatable bonds is 3. The zero-order chi connectivity index (χ0) is 13.9. The van der Waals surface area contributed by atoms with E-state index in [0.29, 0.717) is 6.42 Å². The molecule has 0 unspecified atom stereocenters. The summed E-state index contributed by atoms with van der Waals surface area (Å²) in [4.78, 5) is 12.4. The fourth-order valence-corrected chi connectivity index (χ4v) is 3.00. The first-order valence-corrected chi connectivity index (χ1v) is 7.62. The van der Waals surface area contributed by atoms with E-state index in [-0.39, 0.29) is 5.78 Å². The van der Waals surface area contributed by atoms with Crippen LogP contribution >= 0.6 is 15.9 Å². The standard InChI is InChI=1S/C17H16BrNO/c18-16-4-2-1-3-13(16)10-17(20)14-6-5-12-7-8-19-11-15(12)9-14/h1-6,9,19H,7-8,10-11H2. The number of benzene rings is 2. The first-order chi connectivity index (χ1) is 9.74. The van der Waals surface area contributed by atoms with Gasteiger partial charge in [0.15, 0.2) is 5.78 Å². The third-order valence-electron chi connectivity index (χ3n) is 3.72. The number of halogens is 1. The number of ketones is 1. The van der Waals surface area contributed by atoms with Gasteiger partial charge in [-0.3, -0.25) is 4.79 Å². The first-order valence-electron chi connectivity index (χ1n) is 6.83. The van der Waals surface area contributed by atoms with Gasteiger partial charge in [-0.05, 0) is 41.8 Å². The number of fused-ring (bicyclic) bond motifs is 1. The molecule has 0 aromatic heterocycles. The maximum absolute atomic E-state index is 12.4. The minimum Gasteiger partial charge on any atom is -0.312 e. The Morgan fingerprint density at radius 1 is 1.15 bits per heavy atom. The maximum atomic E-state index is 12.4. The average molecular weight is 330 g/mol. The van der Waals surface area contributed by atoms with Gasteiger partial charge in [-0.15, -0.1) is 0 Å². The van der Waals surface area contributed by atoms with E-state index in [1.807, 2.05) is 36.4 Å². The molecule has 0 atom stereocenters. The summed E-state index contributed by atoms with van der Waals surface area (Å²) in [6, 6.07) is 14.0. The van der Waals surface area contributed by atoms with Gasteiger partial charge in [-0.2, -0.15) is 0 Å². The van der Waals surface area contributed by atoms with Gasteiger partial charge in [0.05, 0.1) is 0 Å². The molecule has 3 heteroatoms. The van der Waals surface area contributed by atoms with Crippen LogP contribution in [0.1, 0.15) is 27.0 Å². The second kappa shape index (κ2) is 5.90. The van der Waals surface area contributed by atoms with E-state index < -0.39 is 0 Å². The molecule has 1 aliphatic heterocycles. The molecule has 102 valence electrons. The molecule has 1 N–H and O–H groups in total. The lowest BCUT2D eigenvalue weighted by Gasteiger charge is -2.17. The highest BCUT2D eigenvalue weighted by Crippen LogP contribution is 2.20. The molecule has 1 aliphatic rings. The number of carbonyl (C=O) groups is 1. The molecule has 0 spiro atoms. The number of hydrogen-bond acceptors (Lipinski definition) is 2. The molecule has 0 amide bonds. The molecule has 2 aromatic carbocycles. The Morgan fingerprint density at radius 2 is 2.00 bits per heavy atom. The fraction of sp³-hybridized carbons (Fsp3) is 0.235. The zero-order valence-electron chi connectivity index (χ0n) is 11.2. The Morgan fingerprint density at radius 3 is 2.85 bits per heavy atom. The van der Waals surface area contributed by atoms with E-state index in [1.54, 1.807) is 0 Å². The molecular formula is C17H16BrNO. The monoisotopic (exact) mass is 329 g/mol. The fourth-order valence-electron chi connectivity index (χ4n) is 2.57. The van der Waals surface area contributed by atoms with E-state index in [2.05, 4.69) is 27.3 Å². The van der Waals surface area contributed by atoms with Gasteiger partial charge < -0.3 is 5.32 Å². The Hall–Kier alpha value is -1.45. The average Bonchev–Trinajstić information content (AvgIpc) is 2.49. The molecule has 0 bridgehead atoms. The van der Waals surface area contributed by atoms with Gasteiger partial charge in [-0.25, -0.2) is 0 Å². The van der Waals surface area contributed by atoms with Crippen LogP contribution in [0.15, 0.2) is 46.9 Å². The van der Waals surface area contributed by atoms with Gasteiger partial charge >= 0.3 is 0 Å². The van der Waals surface area contributed by atoms with Crippen LogP contribution in [-0.4, -0.2) is 12.3 Å². The molecule has 0 saturated heterocycles. The Bertz CT molecular complexity index is 651. The van der Waals surface area contributed by atoms with Crippen LogP contribution in [0.3, 0.4) is 0 Å². The van der Waals surface area contributed by atoms with Gasteiger partial charge in [-0.1, -0.05) is 46.3 Å². The predicted octanol–water partition coefficient (Wildman–Crippen LogP) is 3.52. The summed E-state index contributed by atoms with van der Waals surface area (Å²) in [5.74, 6) is 0.172. The van der Waals surface area contributed by atoms with Crippen LogP contribution < -0.4 is 5.32 Å². The quantitative estimate of drug-likeness (QED) is 0.873. The lowest BCUT2D eigenvalue weighted by Crippen LogP contribution is -2.23. The van der Waals surface area contributed by atoms with Crippen molar-refractivity contribution in [2.75, 3.05) is 6.54 Å². The predicted molar refractivity (Wildman–Crippen MR) is 84.0 cm³/mol. The highest BCUT2D eigenvalue weighted by atomic mass is 79.9. The third-order valence-corrected chi connectivity index (χ3v) is 4.50. The lowest BCUT2D eigenvalue weighted by molar-refractivity contribution is 0.0992. The van der Waals surface area contributed by atoms with Crippen molar-refractivity contribution in [2.45, 2.75) is 19.4 Å². The van der Waals surface area contributed by atoms with Crippen LogP contribution in [0.25, 0.3) is 0 Å². The van der Waals surface area contributed by atoms with Crippen molar-refractivity contribution in [1.29, 1.82) is 0 Å². The third kappa shape index (κ3) is 2.84. The summed E-state index contributed by atoms with van der Waals surface area (Å²) in [6.45, 7) is 1.89. The highest BCUT2D eigenvalue weighted by Gasteiger charge is 2.13. The second-order valence-electron chi connectivity index (χ2n) is 5.10. The van der Waals surface area contributed by atoms with E-state index in [1.165, 1.54) is 11.1 Å². The van der Waals surface area contributed by atoms with E-state index in [9.17, 15) is 4.79 Å². The van der Waals surface area contributed by atoms with Gasteiger partial charge in [0.2, 0.25) is 0 Å². The summed E-state index contributed by atoms with van der Waals surface area (Å²) < 4.78 is 0.993. The van der Waals surface area contributed by atoms with Crippen LogP contribution in [0.5, 0.6) is 0 Å². The topological polar surface area (TPSA) is 29.1 Å². The summed E-state index contributed by atoms with van der Waals surface area (Å²) >= 11 is 3.50. The number of hydrogen-bond donors (Lipinski definition) is 1. The smallest absolute Gasteiger partial charge is 0.167 e. The molecule has 1 heterocycles. The van der Waals surface area contributed by atoms with Gasteiger partial charge in [0, 0.05) is 23.0 Å². The lowest BCUT2D eigenvalue weighted by atomic mass is 9.95. The molecule has 3 rings (SSSR count). The maximum Gasteiger partial charge on any atom is 0.167 e. The summed E-state index contributed by atoms with van der Waals surface area (Å²) in [5, 5.41) is 3.35. The summed E-state index contributed by atoms with van der Waals surface area (Å²) in [6.07, 6.45) is 1.49. The van der Waals surface area contributed by atoms with Gasteiger partial charge in [0.1, 0.15) is 0 Å². The molecular weight excluding hydrogens is 314 g/mol. The molecule has 2 aromatic rings. The van der Waals surface area contributed by atoms with Crippen molar-refractivity contribution in [2.24, 2.45) is 0 Å². The van der Waals surface area contributed by atoms with Crippen molar-refractivity contribution in [1.82, 2.24) is 5.32 Å². The summed E-state index contributed by atoms with van der Waals surface area (Å²) in [5.41, 5.74) is 4.46. The van der Waals surface area contributed by atoms with E-state index in [0.717, 1.165) is 35.1 Å². The minimum atomic E-state index is 0.172. The molecule has 0 fully saturated rings. The summed E-state index contributed by atoms with van der Waals surface area (Å²) in [7, 11) is 0. The Balaban J connectivity index is 1.82. The number of Topliss-reactive ketones (excluding diaryl/α,β-unsaturated/α-hetero) is 1. The zero-order valence-corrected chi connectivity index (χ0v) is 12.7. The molecule has 0 radical (unpaired) electrons. The first kappa shape index (κ1) is 13.5. The van der Waals surface area contributed by atoms with Crippen LogP contribution in [0, 0.1) is 0 Å². The number of carbonyl (C=O) groups excluding carboxylic acids is 1. The van der Waals surface area contributed by atoms with Crippen LogP contribution in [0.2, 0.25) is 0 Å². The SMILES string of the molecule is O=C(Cc1ccccc1Br)c1ccc2c(c1)CNCC2.